The van der Waals surface area contributed by atoms with Crippen LogP contribution >= 0.6 is 0 Å². The average Bonchev–Trinajstić information content (AvgIpc) is 2.89. The van der Waals surface area contributed by atoms with Gasteiger partial charge in [0.25, 0.3) is 0 Å². The molecule has 1 aromatic carbocycles. The van der Waals surface area contributed by atoms with E-state index >= 15 is 0 Å². The minimum Gasteiger partial charge on any atom is -0.406 e. The van der Waals surface area contributed by atoms with Crippen LogP contribution in [0.15, 0.2) is 24.3 Å². The second-order valence-corrected chi connectivity index (χ2v) is 4.99. The van der Waals surface area contributed by atoms with Crippen LogP contribution in [0.25, 0.3) is 0 Å². The van der Waals surface area contributed by atoms with E-state index in [2.05, 4.69) is 15.4 Å². The Hall–Kier alpha value is -1.76. The summed E-state index contributed by atoms with van der Waals surface area (Å²) in [5, 5.41) is 5.92. The van der Waals surface area contributed by atoms with Crippen molar-refractivity contribution >= 4 is 11.6 Å². The summed E-state index contributed by atoms with van der Waals surface area (Å²) < 4.78 is 39.9. The van der Waals surface area contributed by atoms with Crippen LogP contribution in [-0.2, 0) is 4.79 Å². The van der Waals surface area contributed by atoms with Gasteiger partial charge in [0.1, 0.15) is 5.75 Å². The summed E-state index contributed by atoms with van der Waals surface area (Å²) in [6.07, 6.45) is -2.37. The van der Waals surface area contributed by atoms with Crippen LogP contribution in [0, 0.1) is 0 Å². The van der Waals surface area contributed by atoms with Crippen molar-refractivity contribution in [3.8, 4) is 5.75 Å². The predicted molar refractivity (Wildman–Crippen MR) is 72.0 cm³/mol. The molecule has 21 heavy (non-hydrogen) atoms. The van der Waals surface area contributed by atoms with Crippen molar-refractivity contribution in [3.05, 3.63) is 24.3 Å². The molecule has 116 valence electrons. The van der Waals surface area contributed by atoms with Gasteiger partial charge in [-0.3, -0.25) is 4.79 Å². The van der Waals surface area contributed by atoms with Crippen molar-refractivity contribution in [3.63, 3.8) is 0 Å². The minimum atomic E-state index is -4.72. The van der Waals surface area contributed by atoms with E-state index < -0.39 is 11.9 Å². The largest absolute Gasteiger partial charge is 0.573 e. The van der Waals surface area contributed by atoms with Gasteiger partial charge < -0.3 is 15.4 Å². The quantitative estimate of drug-likeness (QED) is 0.899. The standard InChI is InChI=1S/C14H17F3N2O2/c1-2-13(8-3-9-18-13)12(20)19-10-4-6-11(7-5-10)21-14(15,16)17/h4-7,18H,2-3,8-9H2,1H3,(H,19,20). The average molecular weight is 302 g/mol. The van der Waals surface area contributed by atoms with E-state index in [1.807, 2.05) is 6.92 Å². The topological polar surface area (TPSA) is 50.4 Å². The van der Waals surface area contributed by atoms with Crippen molar-refractivity contribution in [2.24, 2.45) is 0 Å². The van der Waals surface area contributed by atoms with Crippen molar-refractivity contribution < 1.29 is 22.7 Å². The van der Waals surface area contributed by atoms with Crippen LogP contribution in [0.2, 0.25) is 0 Å². The van der Waals surface area contributed by atoms with Gasteiger partial charge in [-0.1, -0.05) is 6.92 Å². The third kappa shape index (κ3) is 3.87. The normalized spacial score (nSPS) is 22.1. The number of halogens is 3. The van der Waals surface area contributed by atoms with E-state index in [-0.39, 0.29) is 11.7 Å². The fraction of sp³-hybridized carbons (Fsp3) is 0.500. The van der Waals surface area contributed by atoms with Crippen LogP contribution < -0.4 is 15.4 Å². The summed E-state index contributed by atoms with van der Waals surface area (Å²) in [6, 6.07) is 5.11. The zero-order chi connectivity index (χ0) is 15.5. The van der Waals surface area contributed by atoms with Gasteiger partial charge >= 0.3 is 6.36 Å². The molecule has 1 aromatic rings. The molecule has 0 spiro atoms. The Morgan fingerprint density at radius 1 is 1.38 bits per heavy atom. The van der Waals surface area contributed by atoms with Crippen molar-refractivity contribution in [1.82, 2.24) is 5.32 Å². The predicted octanol–water partition coefficient (Wildman–Crippen LogP) is 3.06. The summed E-state index contributed by atoms with van der Waals surface area (Å²) in [5.41, 5.74) is -0.141. The highest BCUT2D eigenvalue weighted by Crippen LogP contribution is 2.27. The maximum Gasteiger partial charge on any atom is 0.573 e. The first-order valence-corrected chi connectivity index (χ1v) is 6.77. The molecule has 0 aromatic heterocycles. The highest BCUT2D eigenvalue weighted by Gasteiger charge is 2.39. The molecule has 4 nitrogen and oxygen atoms in total. The molecule has 1 aliphatic rings. The summed E-state index contributed by atoms with van der Waals surface area (Å²) in [5.74, 6) is -0.475. The number of rotatable bonds is 4. The maximum atomic E-state index is 12.3. The second kappa shape index (κ2) is 5.93. The Balaban J connectivity index is 2.01. The number of carbonyl (C=O) groups excluding carboxylic acids is 1. The lowest BCUT2D eigenvalue weighted by atomic mass is 9.93. The van der Waals surface area contributed by atoms with E-state index in [4.69, 9.17) is 0 Å². The van der Waals surface area contributed by atoms with Crippen LogP contribution in [0.1, 0.15) is 26.2 Å². The number of hydrogen-bond acceptors (Lipinski definition) is 3. The molecule has 1 unspecified atom stereocenters. The fourth-order valence-electron chi connectivity index (χ4n) is 2.45. The van der Waals surface area contributed by atoms with E-state index in [0.717, 1.165) is 19.4 Å². The fourth-order valence-corrected chi connectivity index (χ4v) is 2.45. The molecule has 1 heterocycles. The minimum absolute atomic E-state index is 0.160. The van der Waals surface area contributed by atoms with Crippen molar-refractivity contribution in [2.45, 2.75) is 38.1 Å². The SMILES string of the molecule is CCC1(C(=O)Nc2ccc(OC(F)(F)F)cc2)CCCN1. The number of carbonyl (C=O) groups is 1. The molecule has 1 fully saturated rings. The lowest BCUT2D eigenvalue weighted by molar-refractivity contribution is -0.274. The summed E-state index contributed by atoms with van der Waals surface area (Å²) >= 11 is 0. The number of ether oxygens (including phenoxy) is 1. The Bertz CT molecular complexity index is 494. The Morgan fingerprint density at radius 2 is 2.05 bits per heavy atom. The molecular formula is C14H17F3N2O2. The molecule has 1 atom stereocenters. The van der Waals surface area contributed by atoms with E-state index in [9.17, 15) is 18.0 Å². The first kappa shape index (κ1) is 15.6. The van der Waals surface area contributed by atoms with Gasteiger partial charge in [0.15, 0.2) is 0 Å². The summed E-state index contributed by atoms with van der Waals surface area (Å²) in [7, 11) is 0. The highest BCUT2D eigenvalue weighted by atomic mass is 19.4. The molecule has 1 aliphatic heterocycles. The zero-order valence-electron chi connectivity index (χ0n) is 11.6. The lowest BCUT2D eigenvalue weighted by Gasteiger charge is -2.26. The molecule has 0 saturated carbocycles. The number of alkyl halides is 3. The second-order valence-electron chi connectivity index (χ2n) is 4.99. The summed E-state index contributed by atoms with van der Waals surface area (Å²) in [4.78, 5) is 12.3. The molecule has 2 N–H and O–H groups in total. The number of nitrogens with one attached hydrogen (secondary N) is 2. The van der Waals surface area contributed by atoms with Crippen LogP contribution in [-0.4, -0.2) is 24.4 Å². The lowest BCUT2D eigenvalue weighted by Crippen LogP contribution is -2.50. The van der Waals surface area contributed by atoms with Gasteiger partial charge in [-0.05, 0) is 50.1 Å². The van der Waals surface area contributed by atoms with Gasteiger partial charge in [0, 0.05) is 5.69 Å². The highest BCUT2D eigenvalue weighted by molar-refractivity contribution is 5.98. The van der Waals surface area contributed by atoms with Crippen molar-refractivity contribution in [2.75, 3.05) is 11.9 Å². The molecule has 0 bridgehead atoms. The first-order chi connectivity index (χ1) is 9.85. The maximum absolute atomic E-state index is 12.3. The third-order valence-corrected chi connectivity index (χ3v) is 3.63. The molecule has 1 amide bonds. The van der Waals surface area contributed by atoms with Gasteiger partial charge in [-0.15, -0.1) is 13.2 Å². The van der Waals surface area contributed by atoms with Crippen LogP contribution in [0.3, 0.4) is 0 Å². The number of amides is 1. The number of hydrogen-bond donors (Lipinski definition) is 2. The molecule has 2 rings (SSSR count). The number of benzene rings is 1. The first-order valence-electron chi connectivity index (χ1n) is 6.77. The van der Waals surface area contributed by atoms with Gasteiger partial charge in [0.2, 0.25) is 5.91 Å². The van der Waals surface area contributed by atoms with E-state index in [1.54, 1.807) is 0 Å². The number of anilines is 1. The molecule has 0 radical (unpaired) electrons. The van der Waals surface area contributed by atoms with Gasteiger partial charge in [-0.25, -0.2) is 0 Å². The van der Waals surface area contributed by atoms with Crippen molar-refractivity contribution in [1.29, 1.82) is 0 Å². The molecule has 0 aliphatic carbocycles. The van der Waals surface area contributed by atoms with E-state index in [1.165, 1.54) is 24.3 Å². The Labute approximate surface area is 120 Å². The molecule has 1 saturated heterocycles. The zero-order valence-corrected chi connectivity index (χ0v) is 11.6. The van der Waals surface area contributed by atoms with Gasteiger partial charge in [-0.2, -0.15) is 0 Å². The van der Waals surface area contributed by atoms with Crippen LogP contribution in [0.5, 0.6) is 5.75 Å². The molecule has 7 heteroatoms. The van der Waals surface area contributed by atoms with Gasteiger partial charge in [0.05, 0.1) is 5.54 Å². The third-order valence-electron chi connectivity index (χ3n) is 3.63. The Kier molecular flexibility index (Phi) is 4.41. The Morgan fingerprint density at radius 3 is 2.52 bits per heavy atom. The molecular weight excluding hydrogens is 285 g/mol. The summed E-state index contributed by atoms with van der Waals surface area (Å²) in [6.45, 7) is 2.72. The van der Waals surface area contributed by atoms with E-state index in [0.29, 0.717) is 12.1 Å². The smallest absolute Gasteiger partial charge is 0.406 e. The monoisotopic (exact) mass is 302 g/mol. The van der Waals surface area contributed by atoms with Crippen LogP contribution in [0.4, 0.5) is 18.9 Å².